The minimum atomic E-state index is 0.399. The second kappa shape index (κ2) is 7.84. The summed E-state index contributed by atoms with van der Waals surface area (Å²) >= 11 is 1.72. The lowest BCUT2D eigenvalue weighted by Gasteiger charge is -2.31. The van der Waals surface area contributed by atoms with Crippen LogP contribution in [0, 0.1) is 6.92 Å². The Bertz CT molecular complexity index is 844. The third-order valence-electron chi connectivity index (χ3n) is 4.56. The summed E-state index contributed by atoms with van der Waals surface area (Å²) in [6, 6.07) is 0. The van der Waals surface area contributed by atoms with Crippen LogP contribution in [0.3, 0.4) is 0 Å². The maximum atomic E-state index is 4.61. The zero-order valence-corrected chi connectivity index (χ0v) is 15.5. The number of anilines is 2. The lowest BCUT2D eigenvalue weighted by molar-refractivity contribution is 0.201. The lowest BCUT2D eigenvalue weighted by Crippen LogP contribution is -2.33. The Kier molecular flexibility index (Phi) is 5.12. The summed E-state index contributed by atoms with van der Waals surface area (Å²) in [5.41, 5.74) is 2.19. The number of rotatable bonds is 5. The second-order valence-corrected chi connectivity index (χ2v) is 7.48. The van der Waals surface area contributed by atoms with E-state index >= 15 is 0 Å². The number of aromatic nitrogens is 5. The number of aryl methyl sites for hydroxylation is 1. The lowest BCUT2D eigenvalue weighted by atomic mass is 9.93. The van der Waals surface area contributed by atoms with E-state index in [9.17, 15) is 0 Å². The van der Waals surface area contributed by atoms with Crippen LogP contribution in [0.1, 0.15) is 35.2 Å². The Morgan fingerprint density at radius 3 is 2.65 bits per heavy atom. The van der Waals surface area contributed by atoms with E-state index in [-0.39, 0.29) is 0 Å². The molecule has 0 saturated carbocycles. The molecule has 1 saturated heterocycles. The summed E-state index contributed by atoms with van der Waals surface area (Å²) in [5.74, 6) is 1.86. The number of piperidine rings is 1. The first-order chi connectivity index (χ1) is 12.8. The molecule has 4 heterocycles. The van der Waals surface area contributed by atoms with Crippen LogP contribution in [0.2, 0.25) is 0 Å². The van der Waals surface area contributed by atoms with Crippen molar-refractivity contribution in [2.45, 2.75) is 32.2 Å². The first kappa shape index (κ1) is 17.0. The molecule has 1 N–H and O–H groups in total. The molecule has 0 unspecified atom stereocenters. The molecule has 0 spiro atoms. The van der Waals surface area contributed by atoms with E-state index in [4.69, 9.17) is 0 Å². The molecular formula is C18H21N7S. The average molecular weight is 367 g/mol. The SMILES string of the molecule is Cc1nc(CN2CCC(c3nccnc3Nc3cnccn3)CC2)cs1. The molecule has 4 rings (SSSR count). The van der Waals surface area contributed by atoms with Crippen LogP contribution >= 0.6 is 11.3 Å². The summed E-state index contributed by atoms with van der Waals surface area (Å²) < 4.78 is 0. The van der Waals surface area contributed by atoms with Crippen molar-refractivity contribution in [1.29, 1.82) is 0 Å². The number of nitrogens with one attached hydrogen (secondary N) is 1. The van der Waals surface area contributed by atoms with Gasteiger partial charge in [-0.05, 0) is 32.9 Å². The van der Waals surface area contributed by atoms with Crippen molar-refractivity contribution >= 4 is 23.0 Å². The molecule has 1 aliphatic heterocycles. The van der Waals surface area contributed by atoms with Crippen molar-refractivity contribution in [2.24, 2.45) is 0 Å². The topological polar surface area (TPSA) is 79.7 Å². The number of hydrogen-bond acceptors (Lipinski definition) is 8. The van der Waals surface area contributed by atoms with Crippen molar-refractivity contribution in [3.05, 3.63) is 52.8 Å². The molecule has 0 bridgehead atoms. The molecule has 1 fully saturated rings. The van der Waals surface area contributed by atoms with Crippen LogP contribution in [0.25, 0.3) is 0 Å². The fourth-order valence-corrected chi connectivity index (χ4v) is 3.91. The highest BCUT2D eigenvalue weighted by Crippen LogP contribution is 2.31. The average Bonchev–Trinajstić information content (AvgIpc) is 3.09. The first-order valence-electron chi connectivity index (χ1n) is 8.75. The standard InChI is InChI=1S/C18H21N7S/c1-13-23-15(12-26-13)11-25-8-2-14(3-9-25)17-18(22-7-6-21-17)24-16-10-19-4-5-20-16/h4-7,10,12,14H,2-3,8-9,11H2,1H3,(H,20,22,24). The van der Waals surface area contributed by atoms with Crippen molar-refractivity contribution in [1.82, 2.24) is 29.8 Å². The molecule has 3 aromatic heterocycles. The minimum Gasteiger partial charge on any atom is -0.322 e. The summed E-state index contributed by atoms with van der Waals surface area (Å²) in [4.78, 5) is 24.5. The Labute approximate surface area is 156 Å². The van der Waals surface area contributed by atoms with Crippen molar-refractivity contribution < 1.29 is 0 Å². The highest BCUT2D eigenvalue weighted by molar-refractivity contribution is 7.09. The van der Waals surface area contributed by atoms with Gasteiger partial charge in [-0.2, -0.15) is 0 Å². The Morgan fingerprint density at radius 1 is 1.12 bits per heavy atom. The number of likely N-dealkylation sites (tertiary alicyclic amines) is 1. The minimum absolute atomic E-state index is 0.399. The van der Waals surface area contributed by atoms with Crippen LogP contribution in [0.5, 0.6) is 0 Å². The number of thiazole rings is 1. The van der Waals surface area contributed by atoms with E-state index in [1.165, 1.54) is 5.69 Å². The largest absolute Gasteiger partial charge is 0.322 e. The van der Waals surface area contributed by atoms with Gasteiger partial charge in [-0.1, -0.05) is 0 Å². The zero-order valence-electron chi connectivity index (χ0n) is 14.7. The van der Waals surface area contributed by atoms with Gasteiger partial charge in [0.15, 0.2) is 5.82 Å². The normalized spacial score (nSPS) is 15.9. The molecule has 7 nitrogen and oxygen atoms in total. The summed E-state index contributed by atoms with van der Waals surface area (Å²) in [7, 11) is 0. The quantitative estimate of drug-likeness (QED) is 0.742. The van der Waals surface area contributed by atoms with Gasteiger partial charge in [0, 0.05) is 42.6 Å². The molecule has 134 valence electrons. The highest BCUT2D eigenvalue weighted by Gasteiger charge is 2.24. The molecular weight excluding hydrogens is 346 g/mol. The van der Waals surface area contributed by atoms with Crippen LogP contribution in [0.15, 0.2) is 36.4 Å². The van der Waals surface area contributed by atoms with Crippen LogP contribution in [-0.4, -0.2) is 42.9 Å². The number of nitrogens with zero attached hydrogens (tertiary/aromatic N) is 6. The van der Waals surface area contributed by atoms with E-state index < -0.39 is 0 Å². The maximum Gasteiger partial charge on any atom is 0.153 e. The molecule has 1 aliphatic rings. The molecule has 0 radical (unpaired) electrons. The Morgan fingerprint density at radius 2 is 1.92 bits per heavy atom. The maximum absolute atomic E-state index is 4.61. The molecule has 0 aromatic carbocycles. The molecule has 26 heavy (non-hydrogen) atoms. The van der Waals surface area contributed by atoms with Gasteiger partial charge in [-0.15, -0.1) is 11.3 Å². The zero-order chi connectivity index (χ0) is 17.8. The van der Waals surface area contributed by atoms with Gasteiger partial charge in [0.05, 0.1) is 22.6 Å². The van der Waals surface area contributed by atoms with E-state index in [0.29, 0.717) is 11.7 Å². The third-order valence-corrected chi connectivity index (χ3v) is 5.38. The molecule has 3 aromatic rings. The third kappa shape index (κ3) is 4.03. The van der Waals surface area contributed by atoms with E-state index in [1.54, 1.807) is 42.3 Å². The molecule has 0 atom stereocenters. The predicted molar refractivity (Wildman–Crippen MR) is 101 cm³/mol. The van der Waals surface area contributed by atoms with Gasteiger partial charge in [-0.25, -0.2) is 15.0 Å². The van der Waals surface area contributed by atoms with Gasteiger partial charge in [0.25, 0.3) is 0 Å². The number of hydrogen-bond donors (Lipinski definition) is 1. The molecule has 0 amide bonds. The van der Waals surface area contributed by atoms with Crippen LogP contribution in [0.4, 0.5) is 11.6 Å². The van der Waals surface area contributed by atoms with Gasteiger partial charge in [-0.3, -0.25) is 14.9 Å². The second-order valence-electron chi connectivity index (χ2n) is 6.41. The fraction of sp³-hybridized carbons (Fsp3) is 0.389. The summed E-state index contributed by atoms with van der Waals surface area (Å²) in [5, 5.41) is 6.55. The van der Waals surface area contributed by atoms with Gasteiger partial charge < -0.3 is 5.32 Å². The van der Waals surface area contributed by atoms with E-state index in [1.807, 2.05) is 0 Å². The van der Waals surface area contributed by atoms with Crippen molar-refractivity contribution in [3.63, 3.8) is 0 Å². The van der Waals surface area contributed by atoms with Crippen LogP contribution in [-0.2, 0) is 6.54 Å². The van der Waals surface area contributed by atoms with Crippen LogP contribution < -0.4 is 5.32 Å². The monoisotopic (exact) mass is 367 g/mol. The Hall–Kier alpha value is -2.45. The smallest absolute Gasteiger partial charge is 0.153 e. The highest BCUT2D eigenvalue weighted by atomic mass is 32.1. The van der Waals surface area contributed by atoms with Crippen molar-refractivity contribution in [3.8, 4) is 0 Å². The van der Waals surface area contributed by atoms with Crippen molar-refractivity contribution in [2.75, 3.05) is 18.4 Å². The van der Waals surface area contributed by atoms with E-state index in [0.717, 1.165) is 49.0 Å². The predicted octanol–water partition coefficient (Wildman–Crippen LogP) is 3.15. The summed E-state index contributed by atoms with van der Waals surface area (Å²) in [6.45, 7) is 5.08. The van der Waals surface area contributed by atoms with Gasteiger partial charge in [0.1, 0.15) is 5.82 Å². The Balaban J connectivity index is 1.41. The summed E-state index contributed by atoms with van der Waals surface area (Å²) in [6.07, 6.45) is 10.6. The molecule has 0 aliphatic carbocycles. The van der Waals surface area contributed by atoms with Gasteiger partial charge in [0.2, 0.25) is 0 Å². The molecule has 8 heteroatoms. The van der Waals surface area contributed by atoms with Gasteiger partial charge >= 0.3 is 0 Å². The first-order valence-corrected chi connectivity index (χ1v) is 9.63. The van der Waals surface area contributed by atoms with E-state index in [2.05, 4.69) is 47.4 Å². The fourth-order valence-electron chi connectivity index (χ4n) is 3.30.